The van der Waals surface area contributed by atoms with Gasteiger partial charge in [-0.3, -0.25) is 9.36 Å². The lowest BCUT2D eigenvalue weighted by Crippen LogP contribution is -2.35. The number of aromatic amines is 1. The van der Waals surface area contributed by atoms with Crippen LogP contribution in [0, 0.1) is 6.92 Å². The molecule has 3 aromatic carbocycles. The monoisotopic (exact) mass is 488 g/mol. The molecule has 32 heavy (non-hydrogen) atoms. The van der Waals surface area contributed by atoms with Crippen molar-refractivity contribution < 1.29 is 4.52 Å². The zero-order valence-electron chi connectivity index (χ0n) is 17.0. The molecule has 0 aliphatic heterocycles. The quantitative estimate of drug-likeness (QED) is 0.401. The largest absolute Gasteiger partial charge is 0.334 e. The molecule has 0 spiro atoms. The van der Waals surface area contributed by atoms with E-state index in [1.54, 1.807) is 18.2 Å². The summed E-state index contributed by atoms with van der Waals surface area (Å²) in [7, 11) is 0. The molecule has 0 unspecified atom stereocenters. The van der Waals surface area contributed by atoms with E-state index in [9.17, 15) is 9.59 Å². The molecule has 0 amide bonds. The first kappa shape index (κ1) is 20.1. The van der Waals surface area contributed by atoms with Gasteiger partial charge in [0.2, 0.25) is 5.82 Å². The second kappa shape index (κ2) is 8.05. The van der Waals surface area contributed by atoms with Crippen LogP contribution in [-0.2, 0) is 6.54 Å². The first-order valence-electron chi connectivity index (χ1n) is 9.90. The van der Waals surface area contributed by atoms with Gasteiger partial charge in [0.1, 0.15) is 0 Å². The number of hydrogen-bond acceptors (Lipinski definition) is 5. The summed E-state index contributed by atoms with van der Waals surface area (Å²) in [6.45, 7) is 2.19. The number of fused-ring (bicyclic) bond motifs is 1. The molecule has 8 heteroatoms. The number of rotatable bonds is 4. The van der Waals surface area contributed by atoms with Crippen molar-refractivity contribution in [1.29, 1.82) is 0 Å². The first-order valence-corrected chi connectivity index (χ1v) is 10.7. The van der Waals surface area contributed by atoms with Gasteiger partial charge < -0.3 is 9.51 Å². The van der Waals surface area contributed by atoms with Crippen molar-refractivity contribution in [3.63, 3.8) is 0 Å². The predicted octanol–water partition coefficient (Wildman–Crippen LogP) is 4.53. The summed E-state index contributed by atoms with van der Waals surface area (Å²) in [6.07, 6.45) is 0. The Morgan fingerprint density at radius 1 is 1.00 bits per heavy atom. The third-order valence-electron chi connectivity index (χ3n) is 5.20. The van der Waals surface area contributed by atoms with Gasteiger partial charge in [0.25, 0.3) is 11.4 Å². The number of hydrogen-bond donors (Lipinski definition) is 1. The van der Waals surface area contributed by atoms with E-state index in [2.05, 4.69) is 31.1 Å². The van der Waals surface area contributed by atoms with Gasteiger partial charge in [0.15, 0.2) is 0 Å². The zero-order valence-corrected chi connectivity index (χ0v) is 18.6. The zero-order chi connectivity index (χ0) is 22.2. The molecular weight excluding hydrogens is 472 g/mol. The molecule has 2 heterocycles. The highest BCUT2D eigenvalue weighted by molar-refractivity contribution is 9.10. The fourth-order valence-corrected chi connectivity index (χ4v) is 3.89. The van der Waals surface area contributed by atoms with E-state index in [-0.39, 0.29) is 12.1 Å². The van der Waals surface area contributed by atoms with Crippen molar-refractivity contribution in [2.24, 2.45) is 0 Å². The number of benzene rings is 3. The first-order chi connectivity index (χ1) is 15.5. The summed E-state index contributed by atoms with van der Waals surface area (Å²) >= 11 is 3.43. The minimum Gasteiger partial charge on any atom is -0.334 e. The van der Waals surface area contributed by atoms with Gasteiger partial charge in [-0.25, -0.2) is 4.79 Å². The number of nitrogens with zero attached hydrogens (tertiary/aromatic N) is 3. The predicted molar refractivity (Wildman–Crippen MR) is 126 cm³/mol. The van der Waals surface area contributed by atoms with E-state index in [4.69, 9.17) is 4.52 Å². The highest BCUT2D eigenvalue weighted by Gasteiger charge is 2.14. The SMILES string of the molecule is Cc1ccc(Cn2c(=O)[nH]c3cc(-c4nc(-c5cccc(Br)c5)no4)ccc3c2=O)cc1. The fourth-order valence-electron chi connectivity index (χ4n) is 3.49. The minimum absolute atomic E-state index is 0.200. The standard InChI is InChI=1S/C24H17BrN4O3/c1-14-5-7-15(8-6-14)13-29-23(30)19-10-9-17(12-20(19)26-24(29)31)22-27-21(28-32-22)16-3-2-4-18(25)11-16/h2-12H,13H2,1H3,(H,26,31). The normalized spacial score (nSPS) is 11.2. The highest BCUT2D eigenvalue weighted by atomic mass is 79.9. The van der Waals surface area contributed by atoms with Crippen LogP contribution in [0.15, 0.2) is 85.3 Å². The smallest absolute Gasteiger partial charge is 0.329 e. The number of H-pyrrole nitrogens is 1. The maximum atomic E-state index is 13.0. The van der Waals surface area contributed by atoms with Gasteiger partial charge in [-0.2, -0.15) is 4.98 Å². The Labute approximate surface area is 190 Å². The van der Waals surface area contributed by atoms with E-state index in [0.717, 1.165) is 21.2 Å². The van der Waals surface area contributed by atoms with Gasteiger partial charge in [0.05, 0.1) is 17.4 Å². The summed E-state index contributed by atoms with van der Waals surface area (Å²) in [5, 5.41) is 4.45. The average Bonchev–Trinajstić information content (AvgIpc) is 3.28. The van der Waals surface area contributed by atoms with Gasteiger partial charge in [-0.05, 0) is 42.8 Å². The molecule has 0 aliphatic rings. The Bertz CT molecular complexity index is 1570. The number of nitrogens with one attached hydrogen (secondary N) is 1. The lowest BCUT2D eigenvalue weighted by Gasteiger charge is -2.07. The van der Waals surface area contributed by atoms with E-state index in [1.807, 2.05) is 55.5 Å². The van der Waals surface area contributed by atoms with Crippen LogP contribution >= 0.6 is 15.9 Å². The molecular formula is C24H17BrN4O3. The van der Waals surface area contributed by atoms with Gasteiger partial charge in [-0.1, -0.05) is 63.0 Å². The number of aromatic nitrogens is 4. The molecule has 5 rings (SSSR count). The molecule has 0 aliphatic carbocycles. The summed E-state index contributed by atoms with van der Waals surface area (Å²) in [5.74, 6) is 0.745. The van der Waals surface area contributed by atoms with Gasteiger partial charge >= 0.3 is 5.69 Å². The molecule has 2 aromatic heterocycles. The Hall–Kier alpha value is -3.78. The molecule has 0 atom stereocenters. The molecule has 0 fully saturated rings. The van der Waals surface area contributed by atoms with Crippen LogP contribution in [0.2, 0.25) is 0 Å². The summed E-state index contributed by atoms with van der Waals surface area (Å²) in [4.78, 5) is 32.9. The van der Waals surface area contributed by atoms with Crippen molar-refractivity contribution in [2.75, 3.05) is 0 Å². The van der Waals surface area contributed by atoms with Crippen molar-refractivity contribution in [1.82, 2.24) is 19.7 Å². The van der Waals surface area contributed by atoms with Crippen LogP contribution in [0.5, 0.6) is 0 Å². The summed E-state index contributed by atoms with van der Waals surface area (Å²) in [5.41, 5.74) is 3.01. The van der Waals surface area contributed by atoms with Gasteiger partial charge in [0, 0.05) is 15.6 Å². The molecule has 0 saturated carbocycles. The van der Waals surface area contributed by atoms with E-state index in [1.165, 1.54) is 4.57 Å². The second-order valence-electron chi connectivity index (χ2n) is 7.50. The molecule has 5 aromatic rings. The van der Waals surface area contributed by atoms with Gasteiger partial charge in [-0.15, -0.1) is 0 Å². The topological polar surface area (TPSA) is 93.8 Å². The van der Waals surface area contributed by atoms with E-state index < -0.39 is 5.69 Å². The van der Waals surface area contributed by atoms with Crippen molar-refractivity contribution in [3.05, 3.63) is 103 Å². The Morgan fingerprint density at radius 2 is 1.81 bits per heavy atom. The van der Waals surface area contributed by atoms with Crippen LogP contribution in [0.1, 0.15) is 11.1 Å². The molecule has 0 saturated heterocycles. The third-order valence-corrected chi connectivity index (χ3v) is 5.69. The molecule has 1 N–H and O–H groups in total. The van der Waals surface area contributed by atoms with Crippen LogP contribution in [0.4, 0.5) is 0 Å². The maximum Gasteiger partial charge on any atom is 0.329 e. The molecule has 0 radical (unpaired) electrons. The van der Waals surface area contributed by atoms with Crippen LogP contribution < -0.4 is 11.2 Å². The Balaban J connectivity index is 1.52. The minimum atomic E-state index is -0.472. The molecule has 0 bridgehead atoms. The van der Waals surface area contributed by atoms with E-state index >= 15 is 0 Å². The highest BCUT2D eigenvalue weighted by Crippen LogP contribution is 2.25. The van der Waals surface area contributed by atoms with Crippen molar-refractivity contribution in [2.45, 2.75) is 13.5 Å². The van der Waals surface area contributed by atoms with Crippen molar-refractivity contribution in [3.8, 4) is 22.8 Å². The van der Waals surface area contributed by atoms with Crippen LogP contribution in [0.3, 0.4) is 0 Å². The lowest BCUT2D eigenvalue weighted by molar-refractivity contribution is 0.432. The average molecular weight is 489 g/mol. The molecule has 158 valence electrons. The summed E-state index contributed by atoms with van der Waals surface area (Å²) in [6, 6.07) is 20.4. The lowest BCUT2D eigenvalue weighted by atomic mass is 10.1. The Kier molecular flexibility index (Phi) is 5.07. The Morgan fingerprint density at radius 3 is 2.59 bits per heavy atom. The second-order valence-corrected chi connectivity index (χ2v) is 8.42. The van der Waals surface area contributed by atoms with Crippen LogP contribution in [0.25, 0.3) is 33.7 Å². The summed E-state index contributed by atoms with van der Waals surface area (Å²) < 4.78 is 7.52. The fraction of sp³-hybridized carbons (Fsp3) is 0.0833. The number of aryl methyl sites for hydroxylation is 1. The third kappa shape index (κ3) is 3.80. The van der Waals surface area contributed by atoms with E-state index in [0.29, 0.717) is 28.2 Å². The maximum absolute atomic E-state index is 13.0. The molecule has 7 nitrogen and oxygen atoms in total. The van der Waals surface area contributed by atoms with Crippen molar-refractivity contribution >= 4 is 26.8 Å². The number of halogens is 1. The van der Waals surface area contributed by atoms with Crippen LogP contribution in [-0.4, -0.2) is 19.7 Å².